The van der Waals surface area contributed by atoms with Crippen molar-refractivity contribution in [3.8, 4) is 0 Å². The molecule has 0 saturated heterocycles. The van der Waals surface area contributed by atoms with Crippen LogP contribution in [0.4, 0.5) is 0 Å². The van der Waals surface area contributed by atoms with Crippen molar-refractivity contribution in [1.82, 2.24) is 19.1 Å². The number of carboxylic acids is 1. The average molecular weight is 449 g/mol. The number of carboxylic acid groups (broad SMARTS) is 1. The van der Waals surface area contributed by atoms with E-state index in [9.17, 15) is 19.5 Å². The molecule has 0 atom stereocenters. The molecule has 172 valence electrons. The van der Waals surface area contributed by atoms with Crippen LogP contribution in [0.25, 0.3) is 11.2 Å². The maximum atomic E-state index is 13.4. The van der Waals surface area contributed by atoms with Gasteiger partial charge in [0, 0.05) is 46.8 Å². The van der Waals surface area contributed by atoms with Gasteiger partial charge in [0.2, 0.25) is 0 Å². The number of H-pyrrole nitrogens is 1. The zero-order chi connectivity index (χ0) is 36.9. The Morgan fingerprint density at radius 2 is 1.87 bits per heavy atom. The number of imidazole rings is 1. The predicted octanol–water partition coefficient (Wildman–Crippen LogP) is 3.80. The summed E-state index contributed by atoms with van der Waals surface area (Å²) in [6.07, 6.45) is -30.2. The molecule has 0 spiro atoms. The van der Waals surface area contributed by atoms with E-state index in [1.165, 1.54) is 0 Å². The molecule has 31 heavy (non-hydrogen) atoms. The average Bonchev–Trinajstić information content (AvgIpc) is 3.37. The molecule has 8 heteroatoms. The fourth-order valence-electron chi connectivity index (χ4n) is 3.19. The highest BCUT2D eigenvalue weighted by molar-refractivity contribution is 5.70. The number of aryl methyl sites for hydroxylation is 1. The number of aliphatic carboxylic acids is 1. The number of aromatic nitrogens is 4. The van der Waals surface area contributed by atoms with Gasteiger partial charge in [0.15, 0.2) is 5.65 Å². The van der Waals surface area contributed by atoms with Crippen LogP contribution in [-0.2, 0) is 23.3 Å². The van der Waals surface area contributed by atoms with E-state index < -0.39 is 96.5 Å². The molecule has 1 fully saturated rings. The van der Waals surface area contributed by atoms with Gasteiger partial charge >= 0.3 is 11.7 Å². The molecule has 2 aromatic heterocycles. The van der Waals surface area contributed by atoms with Crippen LogP contribution in [0, 0.1) is 5.41 Å². The minimum atomic E-state index is -4.74. The first-order chi connectivity index (χ1) is 20.9. The topological polar surface area (TPSA) is 110 Å². The van der Waals surface area contributed by atoms with Gasteiger partial charge in [-0.3, -0.25) is 18.7 Å². The van der Waals surface area contributed by atoms with Crippen molar-refractivity contribution in [3.05, 3.63) is 26.7 Å². The van der Waals surface area contributed by atoms with Crippen LogP contribution in [0.15, 0.2) is 9.59 Å². The molecule has 1 saturated carbocycles. The second-order valence-corrected chi connectivity index (χ2v) is 7.25. The number of rotatable bonds is 9. The Hall–Kier alpha value is -2.38. The van der Waals surface area contributed by atoms with Crippen LogP contribution in [-0.4, -0.2) is 30.2 Å². The Morgan fingerprint density at radius 3 is 2.45 bits per heavy atom. The Labute approximate surface area is 205 Å². The van der Waals surface area contributed by atoms with Gasteiger partial charge in [0.05, 0.1) is 0 Å². The van der Waals surface area contributed by atoms with Gasteiger partial charge in [-0.2, -0.15) is 0 Å². The van der Waals surface area contributed by atoms with Gasteiger partial charge in [-0.15, -0.1) is 0 Å². The van der Waals surface area contributed by atoms with Crippen molar-refractivity contribution in [2.75, 3.05) is 0 Å². The van der Waals surface area contributed by atoms with Gasteiger partial charge in [-0.25, -0.2) is 9.78 Å². The molecule has 8 nitrogen and oxygen atoms in total. The molecular weight excluding hydrogens is 396 g/mol. The monoisotopic (exact) mass is 448 g/mol. The first-order valence-corrected chi connectivity index (χ1v) is 9.76. The molecule has 0 unspecified atom stereocenters. The molecule has 0 radical (unpaired) electrons. The van der Waals surface area contributed by atoms with E-state index in [0.717, 1.165) is 9.13 Å². The molecule has 1 aliphatic carbocycles. The van der Waals surface area contributed by atoms with Gasteiger partial charge in [0.25, 0.3) is 5.56 Å². The number of carbonyl (C=O) groups is 1. The number of aromatic amines is 1. The van der Waals surface area contributed by atoms with E-state index in [2.05, 4.69) is 9.97 Å². The summed E-state index contributed by atoms with van der Waals surface area (Å²) in [6.45, 7) is 0.679. The Bertz CT molecular complexity index is 1670. The van der Waals surface area contributed by atoms with Gasteiger partial charge in [-0.1, -0.05) is 34.0 Å². The Kier molecular flexibility index (Phi) is 2.92. The highest BCUT2D eigenvalue weighted by Crippen LogP contribution is 2.50. The van der Waals surface area contributed by atoms with Crippen LogP contribution in [0.5, 0.6) is 0 Å². The minimum Gasteiger partial charge on any atom is -0.481 e. The normalized spacial score (nSPS) is 39.6. The van der Waals surface area contributed by atoms with Crippen molar-refractivity contribution in [2.24, 2.45) is 5.41 Å². The third-order valence-corrected chi connectivity index (χ3v) is 4.80. The van der Waals surface area contributed by atoms with Crippen LogP contribution < -0.4 is 11.2 Å². The summed E-state index contributed by atoms with van der Waals surface area (Å²) in [7, 11) is 0. The summed E-state index contributed by atoms with van der Waals surface area (Å²) in [6, 6.07) is 0. The number of fused-ring (bicyclic) bond motifs is 1. The third kappa shape index (κ3) is 4.34. The lowest BCUT2D eigenvalue weighted by Gasteiger charge is -2.44. The van der Waals surface area contributed by atoms with Crippen LogP contribution in [0.1, 0.15) is 113 Å². The highest BCUT2D eigenvalue weighted by atomic mass is 16.4. The summed E-state index contributed by atoms with van der Waals surface area (Å²) in [5.41, 5.74) is -10.8. The first-order valence-electron chi connectivity index (χ1n) is 17.9. The summed E-state index contributed by atoms with van der Waals surface area (Å²) >= 11 is 0. The Balaban J connectivity index is 2.68. The fraction of sp³-hybridized carbons (Fsp3) is 0.739. The van der Waals surface area contributed by atoms with Crippen LogP contribution in [0.2, 0.25) is 0 Å². The molecule has 0 bridgehead atoms. The molecule has 0 amide bonds. The van der Waals surface area contributed by atoms with Gasteiger partial charge in [-0.05, 0) is 50.1 Å². The zero-order valence-corrected chi connectivity index (χ0v) is 17.4. The summed E-state index contributed by atoms with van der Waals surface area (Å²) < 4.78 is 140. The lowest BCUT2D eigenvalue weighted by atomic mass is 9.61. The van der Waals surface area contributed by atoms with Crippen molar-refractivity contribution >= 4 is 17.1 Å². The second-order valence-electron chi connectivity index (χ2n) is 7.25. The highest BCUT2D eigenvalue weighted by Gasteiger charge is 2.42. The zero-order valence-electron chi connectivity index (χ0n) is 33.4. The smallest absolute Gasteiger partial charge is 0.332 e. The van der Waals surface area contributed by atoms with Gasteiger partial charge in [0.1, 0.15) is 11.3 Å². The third-order valence-electron chi connectivity index (χ3n) is 4.80. The van der Waals surface area contributed by atoms with Crippen molar-refractivity contribution in [1.29, 1.82) is 0 Å². The first kappa shape index (κ1) is 10.0. The maximum Gasteiger partial charge on any atom is 0.332 e. The second kappa shape index (κ2) is 9.01. The summed E-state index contributed by atoms with van der Waals surface area (Å²) in [5.74, 6) is -3.67. The van der Waals surface area contributed by atoms with E-state index in [0.29, 0.717) is 19.8 Å². The summed E-state index contributed by atoms with van der Waals surface area (Å²) in [4.78, 5) is 45.2. The van der Waals surface area contributed by atoms with Crippen LogP contribution in [0.3, 0.4) is 0 Å². The molecule has 3 rings (SSSR count). The van der Waals surface area contributed by atoms with Gasteiger partial charge < -0.3 is 10.1 Å². The molecule has 2 heterocycles. The minimum absolute atomic E-state index is 0.0516. The van der Waals surface area contributed by atoms with Crippen molar-refractivity contribution < 1.29 is 31.8 Å². The van der Waals surface area contributed by atoms with Crippen molar-refractivity contribution in [2.45, 2.75) is 104 Å². The lowest BCUT2D eigenvalue weighted by molar-refractivity contribution is -0.137. The number of hydrogen-bond acceptors (Lipinski definition) is 4. The predicted molar refractivity (Wildman–Crippen MR) is 121 cm³/mol. The maximum absolute atomic E-state index is 13.4. The molecule has 1 aliphatic rings. The molecular formula is C23H36N4O4. The largest absolute Gasteiger partial charge is 0.481 e. The molecule has 2 N–H and O–H groups in total. The van der Waals surface area contributed by atoms with E-state index in [4.69, 9.17) is 21.9 Å². The molecule has 0 aliphatic heterocycles. The van der Waals surface area contributed by atoms with Crippen molar-refractivity contribution in [3.63, 3.8) is 0 Å². The number of hydrogen-bond donors (Lipinski definition) is 2. The Morgan fingerprint density at radius 1 is 1.23 bits per heavy atom. The summed E-state index contributed by atoms with van der Waals surface area (Å²) in [5, 5.41) is 9.63. The number of nitrogens with one attached hydrogen (secondary N) is 1. The fourth-order valence-corrected chi connectivity index (χ4v) is 3.19. The molecule has 2 aromatic rings. The van der Waals surface area contributed by atoms with E-state index in [1.807, 2.05) is 0 Å². The lowest BCUT2D eigenvalue weighted by Crippen LogP contribution is -2.40. The van der Waals surface area contributed by atoms with E-state index >= 15 is 0 Å². The van der Waals surface area contributed by atoms with E-state index in [1.54, 1.807) is 13.8 Å². The standard InChI is InChI=1S/C23H36N4O4/c1-5-14-26-18-17(19(30)27(15-6-2)21(26)31)24-20(25-18)22(4)10-12-23(7-3,13-11-22)9-8-16(28)29/h5-15H2,1-4H3,(H,24,25)(H,28,29)/i3D2,7D2,8D2,9D2,10D2,11D2,12D2,13D2. The van der Waals surface area contributed by atoms with E-state index in [-0.39, 0.29) is 13.1 Å². The number of nitrogens with zero attached hydrogens (tertiary/aromatic N) is 3. The molecule has 0 aromatic carbocycles. The quantitative estimate of drug-likeness (QED) is 0.606. The van der Waals surface area contributed by atoms with Crippen LogP contribution >= 0.6 is 0 Å². The SMILES string of the molecule is [2H]C([2H])C([2H])([2H])C1(C([2H])([2H])C([2H])([2H])C(=O)O)C([2H])([2H])C([2H])([2H])C(C)(c2nc3c([nH]2)c(=O)n(CCC)c(=O)n3CCC)C([2H])([2H])C1([2H])[2H].